The van der Waals surface area contributed by atoms with E-state index in [1.807, 2.05) is 31.3 Å². The van der Waals surface area contributed by atoms with Crippen LogP contribution in [-0.4, -0.2) is 31.4 Å². The summed E-state index contributed by atoms with van der Waals surface area (Å²) >= 11 is 0. The van der Waals surface area contributed by atoms with Gasteiger partial charge >= 0.3 is 0 Å². The van der Waals surface area contributed by atoms with Gasteiger partial charge < -0.3 is 10.1 Å². The fourth-order valence-electron chi connectivity index (χ4n) is 3.00. The molecule has 3 aromatic heterocycles. The van der Waals surface area contributed by atoms with Crippen molar-refractivity contribution in [2.45, 2.75) is 26.9 Å². The maximum atomic E-state index is 13.4. The van der Waals surface area contributed by atoms with Crippen LogP contribution in [0.3, 0.4) is 0 Å². The van der Waals surface area contributed by atoms with Crippen LogP contribution in [0.15, 0.2) is 48.7 Å². The smallest absolute Gasteiger partial charge is 0.184 e. The van der Waals surface area contributed by atoms with E-state index >= 15 is 0 Å². The summed E-state index contributed by atoms with van der Waals surface area (Å²) in [4.78, 5) is 4.74. The van der Waals surface area contributed by atoms with E-state index in [1.165, 1.54) is 12.1 Å². The quantitative estimate of drug-likeness (QED) is 0.485. The number of H-pyrrole nitrogens is 1. The molecule has 1 unspecified atom stereocenters. The lowest BCUT2D eigenvalue weighted by atomic mass is 10.1. The highest BCUT2D eigenvalue weighted by Gasteiger charge is 2.21. The molecule has 0 aliphatic rings. The van der Waals surface area contributed by atoms with Gasteiger partial charge in [-0.3, -0.25) is 5.10 Å². The zero-order valence-corrected chi connectivity index (χ0v) is 16.6. The monoisotopic (exact) mass is 394 g/mol. The van der Waals surface area contributed by atoms with Gasteiger partial charge in [-0.1, -0.05) is 26.0 Å². The molecule has 8 heteroatoms. The van der Waals surface area contributed by atoms with E-state index in [1.54, 1.807) is 16.6 Å². The van der Waals surface area contributed by atoms with Crippen molar-refractivity contribution in [1.82, 2.24) is 24.8 Å². The first-order valence-electron chi connectivity index (χ1n) is 9.51. The van der Waals surface area contributed by atoms with Gasteiger partial charge in [0.15, 0.2) is 17.5 Å². The van der Waals surface area contributed by atoms with E-state index in [0.717, 1.165) is 16.8 Å². The number of ether oxygens (including phenoxy) is 1. The molecule has 0 saturated carbocycles. The van der Waals surface area contributed by atoms with Crippen LogP contribution < -0.4 is 5.32 Å². The second-order valence-electron chi connectivity index (χ2n) is 7.38. The largest absolute Gasteiger partial charge is 0.365 e. The third kappa shape index (κ3) is 4.27. The molecule has 0 radical (unpaired) electrons. The van der Waals surface area contributed by atoms with Gasteiger partial charge in [-0.25, -0.2) is 13.9 Å². The Labute approximate surface area is 167 Å². The summed E-state index contributed by atoms with van der Waals surface area (Å²) in [6.07, 6.45) is 1.33. The average molecular weight is 394 g/mol. The second kappa shape index (κ2) is 8.00. The Balaban J connectivity index is 1.76. The minimum Gasteiger partial charge on any atom is -0.365 e. The SMILES string of the molecule is Cc1cc(Nc2nc(C(OCC(C)C)c3ccc(F)cc3)nn3cccc23)n[nH]1. The predicted molar refractivity (Wildman–Crippen MR) is 109 cm³/mol. The molecular formula is C21H23FN6O. The van der Waals surface area contributed by atoms with E-state index < -0.39 is 6.10 Å². The molecule has 0 saturated heterocycles. The Bertz CT molecular complexity index is 1100. The second-order valence-corrected chi connectivity index (χ2v) is 7.38. The molecule has 7 nitrogen and oxygen atoms in total. The average Bonchev–Trinajstić information content (AvgIpc) is 3.32. The Hall–Kier alpha value is -3.26. The molecule has 1 atom stereocenters. The maximum Gasteiger partial charge on any atom is 0.184 e. The third-order valence-corrected chi connectivity index (χ3v) is 4.36. The van der Waals surface area contributed by atoms with Gasteiger partial charge in [-0.2, -0.15) is 5.10 Å². The summed E-state index contributed by atoms with van der Waals surface area (Å²) in [5.74, 6) is 1.80. The number of benzene rings is 1. The molecule has 150 valence electrons. The molecule has 29 heavy (non-hydrogen) atoms. The maximum absolute atomic E-state index is 13.4. The lowest BCUT2D eigenvalue weighted by Gasteiger charge is -2.19. The Morgan fingerprint density at radius 2 is 2.00 bits per heavy atom. The summed E-state index contributed by atoms with van der Waals surface area (Å²) < 4.78 is 21.3. The number of nitrogens with one attached hydrogen (secondary N) is 2. The predicted octanol–water partition coefficient (Wildman–Crippen LogP) is 4.41. The third-order valence-electron chi connectivity index (χ3n) is 4.36. The molecule has 0 bridgehead atoms. The number of hydrogen-bond donors (Lipinski definition) is 2. The highest BCUT2D eigenvalue weighted by Crippen LogP contribution is 2.27. The lowest BCUT2D eigenvalue weighted by molar-refractivity contribution is 0.0542. The zero-order chi connectivity index (χ0) is 20.4. The van der Waals surface area contributed by atoms with Gasteiger partial charge in [0.2, 0.25) is 0 Å². The lowest BCUT2D eigenvalue weighted by Crippen LogP contribution is -2.16. The van der Waals surface area contributed by atoms with Crippen molar-refractivity contribution in [3.63, 3.8) is 0 Å². The Morgan fingerprint density at radius 1 is 1.21 bits per heavy atom. The Kier molecular flexibility index (Phi) is 5.26. The minimum atomic E-state index is -0.522. The van der Waals surface area contributed by atoms with Crippen molar-refractivity contribution in [2.75, 3.05) is 11.9 Å². The highest BCUT2D eigenvalue weighted by molar-refractivity contribution is 5.72. The number of halogens is 1. The number of fused-ring (bicyclic) bond motifs is 1. The van der Waals surface area contributed by atoms with Gasteiger partial charge in [-0.15, -0.1) is 5.10 Å². The Morgan fingerprint density at radius 3 is 2.69 bits per heavy atom. The fraction of sp³-hybridized carbons (Fsp3) is 0.286. The minimum absolute atomic E-state index is 0.297. The van der Waals surface area contributed by atoms with E-state index in [-0.39, 0.29) is 5.82 Å². The van der Waals surface area contributed by atoms with Crippen LogP contribution in [-0.2, 0) is 4.74 Å². The summed E-state index contributed by atoms with van der Waals surface area (Å²) in [6.45, 7) is 6.60. The van der Waals surface area contributed by atoms with Crippen molar-refractivity contribution in [1.29, 1.82) is 0 Å². The topological polar surface area (TPSA) is 80.1 Å². The van der Waals surface area contributed by atoms with Crippen LogP contribution in [0, 0.1) is 18.7 Å². The number of aromatic nitrogens is 5. The number of aromatic amines is 1. The first kappa shape index (κ1) is 19.1. The van der Waals surface area contributed by atoms with Crippen molar-refractivity contribution < 1.29 is 9.13 Å². The molecule has 3 heterocycles. The number of nitrogens with zero attached hydrogens (tertiary/aromatic N) is 4. The zero-order valence-electron chi connectivity index (χ0n) is 16.6. The van der Waals surface area contributed by atoms with E-state index in [0.29, 0.717) is 30.0 Å². The molecular weight excluding hydrogens is 371 g/mol. The molecule has 1 aromatic carbocycles. The standard InChI is InChI=1S/C21H23FN6O/c1-13(2)12-29-19(15-6-8-16(22)9-7-15)21-24-20(17-5-4-10-28(17)27-21)23-18-11-14(3)25-26-18/h4-11,13,19H,12H2,1-3H3,(H2,23,24,25,26,27). The van der Waals surface area contributed by atoms with Gasteiger partial charge in [0.05, 0.1) is 6.61 Å². The number of aryl methyl sites for hydroxylation is 1. The number of rotatable bonds is 7. The molecule has 0 aliphatic carbocycles. The first-order valence-corrected chi connectivity index (χ1v) is 9.51. The van der Waals surface area contributed by atoms with Crippen LogP contribution >= 0.6 is 0 Å². The molecule has 2 N–H and O–H groups in total. The molecule has 4 rings (SSSR count). The van der Waals surface area contributed by atoms with E-state index in [4.69, 9.17) is 9.72 Å². The van der Waals surface area contributed by atoms with Crippen molar-refractivity contribution in [2.24, 2.45) is 5.92 Å². The fourth-order valence-corrected chi connectivity index (χ4v) is 3.00. The molecule has 0 aliphatic heterocycles. The molecule has 0 fully saturated rings. The van der Waals surface area contributed by atoms with Crippen LogP contribution in [0.4, 0.5) is 16.0 Å². The normalized spacial score (nSPS) is 12.6. The van der Waals surface area contributed by atoms with Crippen LogP contribution in [0.25, 0.3) is 5.52 Å². The molecule has 4 aromatic rings. The summed E-state index contributed by atoms with van der Waals surface area (Å²) in [7, 11) is 0. The van der Waals surface area contributed by atoms with Gasteiger partial charge in [0, 0.05) is 18.0 Å². The van der Waals surface area contributed by atoms with E-state index in [2.05, 4.69) is 34.5 Å². The summed E-state index contributed by atoms with van der Waals surface area (Å²) in [5, 5.41) is 15.0. The summed E-state index contributed by atoms with van der Waals surface area (Å²) in [6, 6.07) is 12.0. The van der Waals surface area contributed by atoms with Crippen LogP contribution in [0.2, 0.25) is 0 Å². The first-order chi connectivity index (χ1) is 14.0. The van der Waals surface area contributed by atoms with Gasteiger partial charge in [0.25, 0.3) is 0 Å². The van der Waals surface area contributed by atoms with Gasteiger partial charge in [-0.05, 0) is 42.7 Å². The van der Waals surface area contributed by atoms with E-state index in [9.17, 15) is 4.39 Å². The molecule has 0 amide bonds. The van der Waals surface area contributed by atoms with Gasteiger partial charge in [0.1, 0.15) is 17.4 Å². The van der Waals surface area contributed by atoms with Crippen LogP contribution in [0.5, 0.6) is 0 Å². The molecule has 0 spiro atoms. The van der Waals surface area contributed by atoms with Crippen molar-refractivity contribution in [3.8, 4) is 0 Å². The summed E-state index contributed by atoms with van der Waals surface area (Å²) in [5.41, 5.74) is 2.55. The highest BCUT2D eigenvalue weighted by atomic mass is 19.1. The number of anilines is 2. The van der Waals surface area contributed by atoms with Crippen LogP contribution in [0.1, 0.15) is 37.0 Å². The van der Waals surface area contributed by atoms with Crippen molar-refractivity contribution in [3.05, 3.63) is 71.6 Å². The number of hydrogen-bond acceptors (Lipinski definition) is 5. The van der Waals surface area contributed by atoms with Crippen molar-refractivity contribution >= 4 is 17.2 Å².